The fourth-order valence-corrected chi connectivity index (χ4v) is 4.01. The second kappa shape index (κ2) is 5.28. The molecular weight excluding hydrogens is 250 g/mol. The Morgan fingerprint density at radius 1 is 1.39 bits per heavy atom. The van der Waals surface area contributed by atoms with E-state index in [0.717, 1.165) is 11.3 Å². The molecule has 1 aromatic carbocycles. The molecule has 0 amide bonds. The van der Waals surface area contributed by atoms with Gasteiger partial charge in [0.1, 0.15) is 12.4 Å². The van der Waals surface area contributed by atoms with E-state index in [1.165, 1.54) is 0 Å². The lowest BCUT2D eigenvalue weighted by molar-refractivity contribution is 0.278. The molecule has 0 saturated carbocycles. The summed E-state index contributed by atoms with van der Waals surface area (Å²) >= 11 is 0. The summed E-state index contributed by atoms with van der Waals surface area (Å²) in [5, 5.41) is 0. The number of rotatable bonds is 3. The molecule has 1 unspecified atom stereocenters. The van der Waals surface area contributed by atoms with Crippen molar-refractivity contribution >= 4 is 10.0 Å². The Balaban J connectivity index is 2.36. The average molecular weight is 269 g/mol. The summed E-state index contributed by atoms with van der Waals surface area (Å²) in [6.45, 7) is 4.62. The Morgan fingerprint density at radius 3 is 2.83 bits per heavy atom. The van der Waals surface area contributed by atoms with E-state index in [-0.39, 0.29) is 11.8 Å². The van der Waals surface area contributed by atoms with Crippen molar-refractivity contribution in [3.63, 3.8) is 0 Å². The van der Waals surface area contributed by atoms with Gasteiger partial charge in [-0.2, -0.15) is 4.31 Å². The summed E-state index contributed by atoms with van der Waals surface area (Å²) in [5.41, 5.74) is 0.940. The maximum absolute atomic E-state index is 12.2. The molecule has 5 heteroatoms. The molecule has 18 heavy (non-hydrogen) atoms. The number of para-hydroxylation sites is 1. The van der Waals surface area contributed by atoms with Gasteiger partial charge in [0, 0.05) is 12.1 Å². The lowest BCUT2D eigenvalue weighted by atomic mass is 10.1. The van der Waals surface area contributed by atoms with E-state index in [1.54, 1.807) is 4.31 Å². The van der Waals surface area contributed by atoms with Crippen molar-refractivity contribution in [2.45, 2.75) is 26.3 Å². The highest BCUT2D eigenvalue weighted by Crippen LogP contribution is 2.33. The summed E-state index contributed by atoms with van der Waals surface area (Å²) in [7, 11) is -3.20. The molecule has 1 atom stereocenters. The van der Waals surface area contributed by atoms with Crippen LogP contribution in [0.2, 0.25) is 0 Å². The zero-order chi connectivity index (χ0) is 13.2. The highest BCUT2D eigenvalue weighted by atomic mass is 32.2. The first-order valence-electron chi connectivity index (χ1n) is 6.27. The van der Waals surface area contributed by atoms with Crippen LogP contribution in [0.1, 0.15) is 31.9 Å². The number of hydrogen-bond acceptors (Lipinski definition) is 3. The van der Waals surface area contributed by atoms with E-state index < -0.39 is 10.0 Å². The van der Waals surface area contributed by atoms with Crippen molar-refractivity contribution in [1.29, 1.82) is 0 Å². The maximum atomic E-state index is 12.2. The summed E-state index contributed by atoms with van der Waals surface area (Å²) in [6.07, 6.45) is 0.633. The molecule has 0 aliphatic carbocycles. The van der Waals surface area contributed by atoms with Crippen LogP contribution in [0.5, 0.6) is 5.75 Å². The van der Waals surface area contributed by atoms with Gasteiger partial charge in [-0.05, 0) is 19.4 Å². The third kappa shape index (κ3) is 2.52. The van der Waals surface area contributed by atoms with Gasteiger partial charge in [0.25, 0.3) is 0 Å². The van der Waals surface area contributed by atoms with Crippen LogP contribution in [-0.2, 0) is 10.0 Å². The lowest BCUT2D eigenvalue weighted by Gasteiger charge is -2.25. The molecule has 4 nitrogen and oxygen atoms in total. The predicted molar refractivity (Wildman–Crippen MR) is 71.1 cm³/mol. The third-order valence-electron chi connectivity index (χ3n) is 3.19. The molecule has 0 N–H and O–H groups in total. The van der Waals surface area contributed by atoms with E-state index >= 15 is 0 Å². The minimum absolute atomic E-state index is 0.166. The molecule has 1 aromatic rings. The van der Waals surface area contributed by atoms with Gasteiger partial charge < -0.3 is 4.74 Å². The van der Waals surface area contributed by atoms with Gasteiger partial charge in [-0.3, -0.25) is 0 Å². The molecule has 100 valence electrons. The molecule has 0 aromatic heterocycles. The highest BCUT2D eigenvalue weighted by molar-refractivity contribution is 7.89. The van der Waals surface area contributed by atoms with E-state index in [0.29, 0.717) is 19.6 Å². The number of fused-ring (bicyclic) bond motifs is 1. The van der Waals surface area contributed by atoms with Crippen molar-refractivity contribution < 1.29 is 13.2 Å². The zero-order valence-corrected chi connectivity index (χ0v) is 11.6. The third-order valence-corrected chi connectivity index (χ3v) is 5.33. The Labute approximate surface area is 109 Å². The summed E-state index contributed by atoms with van der Waals surface area (Å²) in [5.74, 6) is 0.985. The SMILES string of the molecule is CCCS(=O)(=O)N1CCOc2ccccc2C1C. The summed E-state index contributed by atoms with van der Waals surface area (Å²) in [6, 6.07) is 7.47. The first kappa shape index (κ1) is 13.4. The van der Waals surface area contributed by atoms with Crippen LogP contribution >= 0.6 is 0 Å². The number of benzene rings is 1. The lowest BCUT2D eigenvalue weighted by Crippen LogP contribution is -2.36. The standard InChI is InChI=1S/C13H19NO3S/c1-3-10-18(15,16)14-8-9-17-13-7-5-4-6-12(13)11(14)2/h4-7,11H,3,8-10H2,1-2H3. The first-order valence-corrected chi connectivity index (χ1v) is 7.88. The van der Waals surface area contributed by atoms with Crippen LogP contribution in [0.25, 0.3) is 0 Å². The van der Waals surface area contributed by atoms with Crippen LogP contribution in [0.4, 0.5) is 0 Å². The van der Waals surface area contributed by atoms with Gasteiger partial charge in [-0.1, -0.05) is 25.1 Å². The van der Waals surface area contributed by atoms with Crippen molar-refractivity contribution in [3.8, 4) is 5.75 Å². The Bertz CT molecular complexity index is 513. The van der Waals surface area contributed by atoms with Crippen molar-refractivity contribution in [1.82, 2.24) is 4.31 Å². The summed E-state index contributed by atoms with van der Waals surface area (Å²) in [4.78, 5) is 0. The maximum Gasteiger partial charge on any atom is 0.214 e. The molecule has 0 radical (unpaired) electrons. The monoisotopic (exact) mass is 269 g/mol. The molecule has 1 heterocycles. The summed E-state index contributed by atoms with van der Waals surface area (Å²) < 4.78 is 31.6. The molecule has 1 aliphatic rings. The number of hydrogen-bond donors (Lipinski definition) is 0. The topological polar surface area (TPSA) is 46.6 Å². The zero-order valence-electron chi connectivity index (χ0n) is 10.8. The molecular formula is C13H19NO3S. The van der Waals surface area contributed by atoms with E-state index in [2.05, 4.69) is 0 Å². The van der Waals surface area contributed by atoms with Crippen LogP contribution in [0.3, 0.4) is 0 Å². The number of nitrogens with zero attached hydrogens (tertiary/aromatic N) is 1. The van der Waals surface area contributed by atoms with Crippen LogP contribution in [0, 0.1) is 0 Å². The normalized spacial score (nSPS) is 20.9. The minimum Gasteiger partial charge on any atom is -0.492 e. The van der Waals surface area contributed by atoms with Gasteiger partial charge in [0.2, 0.25) is 10.0 Å². The molecule has 0 bridgehead atoms. The molecule has 0 fully saturated rings. The second-order valence-electron chi connectivity index (χ2n) is 4.49. The van der Waals surface area contributed by atoms with Crippen molar-refractivity contribution in [3.05, 3.63) is 29.8 Å². The van der Waals surface area contributed by atoms with Crippen molar-refractivity contribution in [2.24, 2.45) is 0 Å². The molecule has 0 spiro atoms. The van der Waals surface area contributed by atoms with E-state index in [9.17, 15) is 8.42 Å². The smallest absolute Gasteiger partial charge is 0.214 e. The van der Waals surface area contributed by atoms with Gasteiger partial charge in [0.15, 0.2) is 0 Å². The molecule has 1 aliphatic heterocycles. The van der Waals surface area contributed by atoms with Crippen LogP contribution in [0.15, 0.2) is 24.3 Å². The Hall–Kier alpha value is -1.07. The average Bonchev–Trinajstić information content (AvgIpc) is 2.50. The van der Waals surface area contributed by atoms with Gasteiger partial charge in [-0.25, -0.2) is 8.42 Å². The van der Waals surface area contributed by atoms with Crippen LogP contribution in [-0.4, -0.2) is 31.6 Å². The molecule has 2 rings (SSSR count). The van der Waals surface area contributed by atoms with Gasteiger partial charge in [-0.15, -0.1) is 0 Å². The number of ether oxygens (including phenoxy) is 1. The Morgan fingerprint density at radius 2 is 2.11 bits per heavy atom. The van der Waals surface area contributed by atoms with Gasteiger partial charge in [0.05, 0.1) is 11.8 Å². The predicted octanol–water partition coefficient (Wildman–Crippen LogP) is 2.18. The Kier molecular flexibility index (Phi) is 3.92. The minimum atomic E-state index is -3.20. The fraction of sp³-hybridized carbons (Fsp3) is 0.538. The molecule has 0 saturated heterocycles. The van der Waals surface area contributed by atoms with E-state index in [1.807, 2.05) is 38.1 Å². The second-order valence-corrected chi connectivity index (χ2v) is 6.53. The number of sulfonamides is 1. The van der Waals surface area contributed by atoms with Crippen molar-refractivity contribution in [2.75, 3.05) is 18.9 Å². The largest absolute Gasteiger partial charge is 0.492 e. The fourth-order valence-electron chi connectivity index (χ4n) is 2.31. The highest BCUT2D eigenvalue weighted by Gasteiger charge is 2.30. The quantitative estimate of drug-likeness (QED) is 0.845. The van der Waals surface area contributed by atoms with E-state index in [4.69, 9.17) is 4.74 Å². The first-order chi connectivity index (χ1) is 8.56. The van der Waals surface area contributed by atoms with Crippen LogP contribution < -0.4 is 4.74 Å². The van der Waals surface area contributed by atoms with Gasteiger partial charge >= 0.3 is 0 Å².